The van der Waals surface area contributed by atoms with Crippen LogP contribution in [0.3, 0.4) is 0 Å². The zero-order valence-corrected chi connectivity index (χ0v) is 12.9. The van der Waals surface area contributed by atoms with E-state index in [1.165, 1.54) is 6.07 Å². The highest BCUT2D eigenvalue weighted by molar-refractivity contribution is 5.74. The van der Waals surface area contributed by atoms with Crippen LogP contribution in [0.5, 0.6) is 0 Å². The third kappa shape index (κ3) is 7.09. The van der Waals surface area contributed by atoms with Gasteiger partial charge in [0.15, 0.2) is 0 Å². The van der Waals surface area contributed by atoms with Gasteiger partial charge in [-0.15, -0.1) is 0 Å². The van der Waals surface area contributed by atoms with Gasteiger partial charge in [-0.25, -0.2) is 9.18 Å². The van der Waals surface area contributed by atoms with Gasteiger partial charge in [-0.05, 0) is 29.9 Å². The van der Waals surface area contributed by atoms with E-state index in [0.717, 1.165) is 0 Å². The fourth-order valence-corrected chi connectivity index (χ4v) is 2.15. The van der Waals surface area contributed by atoms with Crippen molar-refractivity contribution < 1.29 is 14.3 Å². The van der Waals surface area contributed by atoms with Crippen LogP contribution < -0.4 is 10.6 Å². The number of amides is 2. The number of nitrogens with one attached hydrogen (secondary N) is 2. The molecule has 0 aliphatic carbocycles. The monoisotopic (exact) mass is 296 g/mol. The maximum atomic E-state index is 13.4. The second kappa shape index (κ2) is 7.98. The highest BCUT2D eigenvalue weighted by atomic mass is 19.1. The molecule has 21 heavy (non-hydrogen) atoms. The Morgan fingerprint density at radius 3 is 2.57 bits per heavy atom. The molecule has 1 aromatic rings. The summed E-state index contributed by atoms with van der Waals surface area (Å²) in [5.41, 5.74) is 0.597. The lowest BCUT2D eigenvalue weighted by Crippen LogP contribution is -2.45. The van der Waals surface area contributed by atoms with Gasteiger partial charge in [-0.1, -0.05) is 39.0 Å². The zero-order valence-electron chi connectivity index (χ0n) is 12.9. The number of carbonyl (C=O) groups is 1. The first-order chi connectivity index (χ1) is 9.81. The van der Waals surface area contributed by atoms with Crippen LogP contribution in [0.2, 0.25) is 0 Å². The minimum atomic E-state index is -0.338. The fraction of sp³-hybridized carbons (Fsp3) is 0.562. The molecule has 1 rings (SSSR count). The second-order valence-corrected chi connectivity index (χ2v) is 6.39. The Morgan fingerprint density at radius 2 is 2.00 bits per heavy atom. The molecule has 3 N–H and O–H groups in total. The van der Waals surface area contributed by atoms with Gasteiger partial charge < -0.3 is 15.7 Å². The molecule has 0 saturated carbocycles. The maximum Gasteiger partial charge on any atom is 0.315 e. The largest absolute Gasteiger partial charge is 0.394 e. The van der Waals surface area contributed by atoms with Crippen molar-refractivity contribution in [2.45, 2.75) is 39.7 Å². The van der Waals surface area contributed by atoms with E-state index < -0.39 is 0 Å². The van der Waals surface area contributed by atoms with Crippen LogP contribution in [0.15, 0.2) is 24.3 Å². The molecule has 0 radical (unpaired) electrons. The van der Waals surface area contributed by atoms with E-state index in [2.05, 4.69) is 10.6 Å². The summed E-state index contributed by atoms with van der Waals surface area (Å²) in [4.78, 5) is 11.7. The van der Waals surface area contributed by atoms with Crippen LogP contribution in [-0.2, 0) is 6.42 Å². The van der Waals surface area contributed by atoms with Gasteiger partial charge in [0.25, 0.3) is 0 Å². The number of hydrogen-bond donors (Lipinski definition) is 3. The van der Waals surface area contributed by atoms with Crippen molar-refractivity contribution in [2.24, 2.45) is 5.41 Å². The normalized spacial score (nSPS) is 12.8. The van der Waals surface area contributed by atoms with E-state index in [4.69, 9.17) is 0 Å². The highest BCUT2D eigenvalue weighted by Crippen LogP contribution is 2.20. The van der Waals surface area contributed by atoms with Crippen molar-refractivity contribution in [3.05, 3.63) is 35.6 Å². The van der Waals surface area contributed by atoms with Gasteiger partial charge in [-0.2, -0.15) is 0 Å². The smallest absolute Gasteiger partial charge is 0.315 e. The van der Waals surface area contributed by atoms with Crippen LogP contribution >= 0.6 is 0 Å². The number of rotatable bonds is 6. The molecule has 1 aromatic carbocycles. The van der Waals surface area contributed by atoms with Gasteiger partial charge in [-0.3, -0.25) is 0 Å². The molecule has 0 bridgehead atoms. The Morgan fingerprint density at radius 1 is 1.33 bits per heavy atom. The molecular weight excluding hydrogens is 271 g/mol. The molecule has 5 heteroatoms. The third-order valence-corrected chi connectivity index (χ3v) is 3.05. The lowest BCUT2D eigenvalue weighted by Gasteiger charge is -2.25. The Kier molecular flexibility index (Phi) is 6.62. The van der Waals surface area contributed by atoms with Crippen molar-refractivity contribution in [3.63, 3.8) is 0 Å². The average Bonchev–Trinajstić information content (AvgIpc) is 2.38. The topological polar surface area (TPSA) is 61.4 Å². The number of benzene rings is 1. The Labute approximate surface area is 125 Å². The molecule has 1 unspecified atom stereocenters. The van der Waals surface area contributed by atoms with Crippen LogP contribution in [0.25, 0.3) is 0 Å². The molecule has 0 aromatic heterocycles. The van der Waals surface area contributed by atoms with Gasteiger partial charge in [0.2, 0.25) is 0 Å². The van der Waals surface area contributed by atoms with Gasteiger partial charge in [0, 0.05) is 6.54 Å². The summed E-state index contributed by atoms with van der Waals surface area (Å²) >= 11 is 0. The predicted octanol–water partition coefficient (Wildman–Crippen LogP) is 2.46. The standard InChI is InChI=1S/C16H25FN2O2/c1-16(2,3)10-13(11-20)19-15(21)18-9-8-12-6-4-5-7-14(12)17/h4-7,13,20H,8-11H2,1-3H3,(H2,18,19,21). The van der Waals surface area contributed by atoms with E-state index in [1.54, 1.807) is 18.2 Å². The highest BCUT2D eigenvalue weighted by Gasteiger charge is 2.19. The van der Waals surface area contributed by atoms with E-state index >= 15 is 0 Å². The maximum absolute atomic E-state index is 13.4. The van der Waals surface area contributed by atoms with E-state index in [9.17, 15) is 14.3 Å². The molecule has 0 aliphatic heterocycles. The van der Waals surface area contributed by atoms with E-state index in [0.29, 0.717) is 24.9 Å². The lowest BCUT2D eigenvalue weighted by molar-refractivity contribution is 0.191. The van der Waals surface area contributed by atoms with E-state index in [-0.39, 0.29) is 29.9 Å². The number of aliphatic hydroxyl groups is 1. The van der Waals surface area contributed by atoms with Crippen molar-refractivity contribution in [1.29, 1.82) is 0 Å². The molecule has 0 spiro atoms. The van der Waals surface area contributed by atoms with Crippen LogP contribution in [0.4, 0.5) is 9.18 Å². The number of aliphatic hydroxyl groups excluding tert-OH is 1. The molecule has 118 valence electrons. The summed E-state index contributed by atoms with van der Waals surface area (Å²) in [7, 11) is 0. The SMILES string of the molecule is CC(C)(C)CC(CO)NC(=O)NCCc1ccccc1F. The molecule has 0 aliphatic rings. The molecular formula is C16H25FN2O2. The van der Waals surface area contributed by atoms with Crippen molar-refractivity contribution >= 4 is 6.03 Å². The minimum absolute atomic E-state index is 0.0217. The van der Waals surface area contributed by atoms with Crippen LogP contribution in [0.1, 0.15) is 32.8 Å². The Hall–Kier alpha value is -1.62. The Balaban J connectivity index is 2.35. The van der Waals surface area contributed by atoms with Gasteiger partial charge >= 0.3 is 6.03 Å². The Bertz CT molecular complexity index is 458. The van der Waals surface area contributed by atoms with Crippen LogP contribution in [-0.4, -0.2) is 30.3 Å². The van der Waals surface area contributed by atoms with Crippen molar-refractivity contribution in [2.75, 3.05) is 13.2 Å². The summed E-state index contributed by atoms with van der Waals surface area (Å²) in [5.74, 6) is -0.263. The number of carbonyl (C=O) groups excluding carboxylic acids is 1. The number of hydrogen-bond acceptors (Lipinski definition) is 2. The van der Waals surface area contributed by atoms with E-state index in [1.807, 2.05) is 20.8 Å². The summed E-state index contributed by atoms with van der Waals surface area (Å²) in [6, 6.07) is 5.89. The summed E-state index contributed by atoms with van der Waals surface area (Å²) in [6.45, 7) is 6.40. The molecule has 0 heterocycles. The lowest BCUT2D eigenvalue weighted by atomic mass is 9.88. The molecule has 0 fully saturated rings. The average molecular weight is 296 g/mol. The van der Waals surface area contributed by atoms with Crippen molar-refractivity contribution in [3.8, 4) is 0 Å². The molecule has 1 atom stereocenters. The number of halogens is 1. The second-order valence-electron chi connectivity index (χ2n) is 6.39. The molecule has 0 saturated heterocycles. The quantitative estimate of drug-likeness (QED) is 0.755. The first-order valence-electron chi connectivity index (χ1n) is 7.20. The summed E-state index contributed by atoms with van der Waals surface area (Å²) in [6.07, 6.45) is 1.12. The van der Waals surface area contributed by atoms with Gasteiger partial charge in [0.1, 0.15) is 5.82 Å². The van der Waals surface area contributed by atoms with Crippen LogP contribution in [0, 0.1) is 11.2 Å². The fourth-order valence-electron chi connectivity index (χ4n) is 2.15. The summed E-state index contributed by atoms with van der Waals surface area (Å²) < 4.78 is 13.4. The van der Waals surface area contributed by atoms with Crippen molar-refractivity contribution in [1.82, 2.24) is 10.6 Å². The minimum Gasteiger partial charge on any atom is -0.394 e. The predicted molar refractivity (Wildman–Crippen MR) is 81.6 cm³/mol. The zero-order chi connectivity index (χ0) is 15.9. The first kappa shape index (κ1) is 17.4. The molecule has 2 amide bonds. The first-order valence-corrected chi connectivity index (χ1v) is 7.20. The third-order valence-electron chi connectivity index (χ3n) is 3.05. The molecule has 4 nitrogen and oxygen atoms in total. The van der Waals surface area contributed by atoms with Gasteiger partial charge in [0.05, 0.1) is 12.6 Å². The number of urea groups is 1. The summed E-state index contributed by atoms with van der Waals surface area (Å²) in [5, 5.41) is 14.7.